The monoisotopic (exact) mass is 305 g/mol. The number of allylic oxidation sites excluding steroid dienone is 1. The molecule has 1 aliphatic heterocycles. The van der Waals surface area contributed by atoms with Crippen molar-refractivity contribution in [3.05, 3.63) is 35.9 Å². The molecule has 2 rings (SSSR count). The third-order valence-electron chi connectivity index (χ3n) is 3.73. The summed E-state index contributed by atoms with van der Waals surface area (Å²) in [5.74, 6) is -0.300. The summed E-state index contributed by atoms with van der Waals surface area (Å²) in [6, 6.07) is 2.52. The molecule has 1 saturated heterocycles. The molecule has 1 heterocycles. The number of methoxy groups -OCH3 is 2. The molecule has 1 atom stereocenters. The Morgan fingerprint density at radius 3 is 2.59 bits per heavy atom. The van der Waals surface area contributed by atoms with E-state index in [-0.39, 0.29) is 5.91 Å². The highest BCUT2D eigenvalue weighted by atomic mass is 16.5. The van der Waals surface area contributed by atoms with E-state index in [0.717, 1.165) is 5.56 Å². The summed E-state index contributed by atoms with van der Waals surface area (Å²) < 4.78 is 10.6. The molecule has 1 aromatic rings. The number of amides is 1. The van der Waals surface area contributed by atoms with E-state index in [1.54, 1.807) is 18.2 Å². The fourth-order valence-electron chi connectivity index (χ4n) is 2.53. The van der Waals surface area contributed by atoms with E-state index in [1.807, 2.05) is 0 Å². The molecule has 1 aromatic carbocycles. The van der Waals surface area contributed by atoms with Gasteiger partial charge in [0.25, 0.3) is 5.91 Å². The third-order valence-corrected chi connectivity index (χ3v) is 3.73. The number of rotatable bonds is 6. The average molecular weight is 305 g/mol. The lowest BCUT2D eigenvalue weighted by Gasteiger charge is -2.38. The van der Waals surface area contributed by atoms with E-state index >= 15 is 0 Å². The van der Waals surface area contributed by atoms with Crippen LogP contribution >= 0.6 is 0 Å². The molecular weight excluding hydrogens is 286 g/mol. The molecule has 0 aromatic heterocycles. The summed E-state index contributed by atoms with van der Waals surface area (Å²) in [6.07, 6.45) is 2.70. The van der Waals surface area contributed by atoms with Gasteiger partial charge in [-0.15, -0.1) is 6.58 Å². The molecule has 0 saturated carbocycles. The van der Waals surface area contributed by atoms with Crippen molar-refractivity contribution in [2.24, 2.45) is 0 Å². The number of hydrogen-bond acceptors (Lipinski definition) is 4. The van der Waals surface area contributed by atoms with Crippen molar-refractivity contribution in [2.75, 3.05) is 20.8 Å². The zero-order valence-corrected chi connectivity index (χ0v) is 12.7. The first-order chi connectivity index (χ1) is 10.5. The summed E-state index contributed by atoms with van der Waals surface area (Å²) >= 11 is 0. The van der Waals surface area contributed by atoms with Crippen molar-refractivity contribution in [1.29, 1.82) is 0 Å². The number of benzene rings is 1. The van der Waals surface area contributed by atoms with Crippen molar-refractivity contribution in [3.8, 4) is 11.5 Å². The Labute approximate surface area is 128 Å². The lowest BCUT2D eigenvalue weighted by atomic mass is 9.99. The first kappa shape index (κ1) is 15.9. The zero-order chi connectivity index (χ0) is 16.3. The van der Waals surface area contributed by atoms with Crippen LogP contribution < -0.4 is 9.47 Å². The van der Waals surface area contributed by atoms with Gasteiger partial charge in [-0.05, 0) is 25.0 Å². The Hall–Kier alpha value is -2.50. The molecule has 0 bridgehead atoms. The second-order valence-corrected chi connectivity index (χ2v) is 5.00. The second kappa shape index (κ2) is 6.51. The van der Waals surface area contributed by atoms with Crippen LogP contribution in [0.15, 0.2) is 24.8 Å². The maximum Gasteiger partial charge on any atom is 0.326 e. The summed E-state index contributed by atoms with van der Waals surface area (Å²) in [4.78, 5) is 24.9. The molecule has 1 amide bonds. The molecule has 0 spiro atoms. The predicted molar refractivity (Wildman–Crippen MR) is 80.5 cm³/mol. The SMILES string of the molecule is C=CCc1cc(C(=O)N2CC[C@@H]2C(=O)O)cc(OC)c1OC. The highest BCUT2D eigenvalue weighted by Gasteiger charge is 2.38. The van der Waals surface area contributed by atoms with E-state index in [1.165, 1.54) is 19.1 Å². The van der Waals surface area contributed by atoms with Gasteiger partial charge in [0.05, 0.1) is 14.2 Å². The Morgan fingerprint density at radius 1 is 1.41 bits per heavy atom. The largest absolute Gasteiger partial charge is 0.493 e. The zero-order valence-electron chi connectivity index (χ0n) is 12.7. The number of hydrogen-bond donors (Lipinski definition) is 1. The number of ether oxygens (including phenoxy) is 2. The summed E-state index contributed by atoms with van der Waals surface area (Å²) in [6.45, 7) is 4.14. The van der Waals surface area contributed by atoms with Gasteiger partial charge in [-0.1, -0.05) is 6.08 Å². The smallest absolute Gasteiger partial charge is 0.326 e. The lowest BCUT2D eigenvalue weighted by molar-refractivity contribution is -0.146. The number of carbonyl (C=O) groups excluding carboxylic acids is 1. The topological polar surface area (TPSA) is 76.1 Å². The summed E-state index contributed by atoms with van der Waals surface area (Å²) in [5, 5.41) is 9.07. The van der Waals surface area contributed by atoms with Crippen molar-refractivity contribution >= 4 is 11.9 Å². The predicted octanol–water partition coefficient (Wildman–Crippen LogP) is 1.73. The maximum atomic E-state index is 12.5. The fourth-order valence-corrected chi connectivity index (χ4v) is 2.53. The van der Waals surface area contributed by atoms with Crippen LogP contribution in [-0.2, 0) is 11.2 Å². The van der Waals surface area contributed by atoms with E-state index in [0.29, 0.717) is 36.4 Å². The van der Waals surface area contributed by atoms with Crippen molar-refractivity contribution in [3.63, 3.8) is 0 Å². The van der Waals surface area contributed by atoms with Gasteiger partial charge in [0.15, 0.2) is 11.5 Å². The highest BCUT2D eigenvalue weighted by Crippen LogP contribution is 2.34. The van der Waals surface area contributed by atoms with Crippen molar-refractivity contribution in [2.45, 2.75) is 18.9 Å². The van der Waals surface area contributed by atoms with Crippen molar-refractivity contribution in [1.82, 2.24) is 4.90 Å². The van der Waals surface area contributed by atoms with Gasteiger partial charge in [0.1, 0.15) is 6.04 Å². The number of nitrogens with zero attached hydrogens (tertiary/aromatic N) is 1. The number of aliphatic carboxylic acids is 1. The Morgan fingerprint density at radius 2 is 2.14 bits per heavy atom. The maximum absolute atomic E-state index is 12.5. The first-order valence-electron chi connectivity index (χ1n) is 6.93. The van der Waals surface area contributed by atoms with Crippen LogP contribution in [0, 0.1) is 0 Å². The first-order valence-corrected chi connectivity index (χ1v) is 6.93. The molecule has 0 radical (unpaired) electrons. The van der Waals surface area contributed by atoms with Crippen LogP contribution in [0.25, 0.3) is 0 Å². The third kappa shape index (κ3) is 2.77. The molecule has 118 valence electrons. The van der Waals surface area contributed by atoms with Gasteiger partial charge >= 0.3 is 5.97 Å². The van der Waals surface area contributed by atoms with Crippen LogP contribution in [0.4, 0.5) is 0 Å². The van der Waals surface area contributed by atoms with Crippen LogP contribution in [-0.4, -0.2) is 48.7 Å². The van der Waals surface area contributed by atoms with Gasteiger partial charge in [0.2, 0.25) is 0 Å². The Balaban J connectivity index is 2.38. The number of carbonyl (C=O) groups is 2. The van der Waals surface area contributed by atoms with Gasteiger partial charge in [0, 0.05) is 17.7 Å². The van der Waals surface area contributed by atoms with E-state index in [9.17, 15) is 9.59 Å². The number of carboxylic acids is 1. The van der Waals surface area contributed by atoms with E-state index in [2.05, 4.69) is 6.58 Å². The molecular formula is C16H19NO5. The Kier molecular flexibility index (Phi) is 4.70. The minimum absolute atomic E-state index is 0.315. The van der Waals surface area contributed by atoms with Crippen LogP contribution in [0.3, 0.4) is 0 Å². The van der Waals surface area contributed by atoms with Crippen LogP contribution in [0.1, 0.15) is 22.3 Å². The van der Waals surface area contributed by atoms with E-state index < -0.39 is 12.0 Å². The fraction of sp³-hybridized carbons (Fsp3) is 0.375. The molecule has 0 unspecified atom stereocenters. The standard InChI is InChI=1S/C16H19NO5/c1-4-5-10-8-11(9-13(21-2)14(10)22-3)15(18)17-7-6-12(17)16(19)20/h4,8-9,12H,1,5-7H2,2-3H3,(H,19,20)/t12-/m1/s1. The molecule has 0 aliphatic carbocycles. The molecule has 1 fully saturated rings. The van der Waals surface area contributed by atoms with Crippen molar-refractivity contribution < 1.29 is 24.2 Å². The molecule has 1 N–H and O–H groups in total. The number of likely N-dealkylation sites (tertiary alicyclic amines) is 1. The quantitative estimate of drug-likeness (QED) is 0.810. The van der Waals surface area contributed by atoms with Gasteiger partial charge < -0.3 is 19.5 Å². The molecule has 6 nitrogen and oxygen atoms in total. The highest BCUT2D eigenvalue weighted by molar-refractivity contribution is 5.98. The van der Waals surface area contributed by atoms with E-state index in [4.69, 9.17) is 14.6 Å². The molecule has 22 heavy (non-hydrogen) atoms. The van der Waals surface area contributed by atoms with Gasteiger partial charge in [-0.25, -0.2) is 4.79 Å². The summed E-state index contributed by atoms with van der Waals surface area (Å²) in [7, 11) is 3.02. The van der Waals surface area contributed by atoms with Gasteiger partial charge in [-0.3, -0.25) is 4.79 Å². The minimum atomic E-state index is -0.980. The van der Waals surface area contributed by atoms with Crippen LogP contribution in [0.5, 0.6) is 11.5 Å². The molecule has 1 aliphatic rings. The number of carboxylic acid groups (broad SMARTS) is 1. The average Bonchev–Trinajstić information content (AvgIpc) is 2.44. The van der Waals surface area contributed by atoms with Crippen LogP contribution in [0.2, 0.25) is 0 Å². The Bertz CT molecular complexity index is 611. The molecule has 6 heteroatoms. The lowest BCUT2D eigenvalue weighted by Crippen LogP contribution is -2.55. The minimum Gasteiger partial charge on any atom is -0.493 e. The second-order valence-electron chi connectivity index (χ2n) is 5.00. The summed E-state index contributed by atoms with van der Waals surface area (Å²) in [5.41, 5.74) is 1.16. The normalized spacial score (nSPS) is 16.6. The van der Waals surface area contributed by atoms with Gasteiger partial charge in [-0.2, -0.15) is 0 Å².